The number of carbonyl (C=O) groups is 1. The molecule has 3 aliphatic rings. The molecule has 3 saturated heterocycles. The molecule has 3 aromatic rings. The van der Waals surface area contributed by atoms with Gasteiger partial charge in [0.25, 0.3) is 5.91 Å². The minimum absolute atomic E-state index is 0.145. The molecule has 0 saturated carbocycles. The Balaban J connectivity index is 1.32. The van der Waals surface area contributed by atoms with Gasteiger partial charge < -0.3 is 39.7 Å². The van der Waals surface area contributed by atoms with Crippen LogP contribution in [-0.2, 0) is 14.2 Å². The molecule has 0 aliphatic carbocycles. The predicted octanol–water partition coefficient (Wildman–Crippen LogP) is 1.72. The number of fused-ring (bicyclic) bond motifs is 2. The number of primary amides is 1. The van der Waals surface area contributed by atoms with Crippen molar-refractivity contribution in [1.82, 2.24) is 9.97 Å². The number of H-pyrrole nitrogens is 1. The van der Waals surface area contributed by atoms with Gasteiger partial charge in [0.2, 0.25) is 0 Å². The summed E-state index contributed by atoms with van der Waals surface area (Å²) >= 11 is 6.66. The number of benzene rings is 1. The number of carbonyl (C=O) groups excluding carboxylic acids is 1. The second-order valence-corrected chi connectivity index (χ2v) is 9.25. The molecule has 1 aromatic carbocycles. The third-order valence-corrected chi connectivity index (χ3v) is 7.07. The molecule has 5 heterocycles. The lowest BCUT2D eigenvalue weighted by molar-refractivity contribution is 0.00794. The molecule has 0 unspecified atom stereocenters. The second-order valence-electron chi connectivity index (χ2n) is 8.87. The van der Waals surface area contributed by atoms with E-state index < -0.39 is 24.2 Å². The fraction of sp³-hybridized carbons (Fsp3) is 0.417. The van der Waals surface area contributed by atoms with Gasteiger partial charge in [-0.3, -0.25) is 4.79 Å². The number of pyridine rings is 1. The number of ether oxygens (including phenoxy) is 4. The number of nitrogens with one attached hydrogen (secondary N) is 1. The first-order chi connectivity index (χ1) is 17.0. The number of hydrogen-bond donors (Lipinski definition) is 3. The lowest BCUT2D eigenvalue weighted by atomic mass is 10.1. The largest absolute Gasteiger partial charge is 0.470 e. The van der Waals surface area contributed by atoms with Gasteiger partial charge in [0.15, 0.2) is 12.0 Å². The number of halogens is 1. The second kappa shape index (κ2) is 8.96. The van der Waals surface area contributed by atoms with Gasteiger partial charge in [0.1, 0.15) is 18.3 Å². The van der Waals surface area contributed by atoms with E-state index in [1.54, 1.807) is 6.07 Å². The Morgan fingerprint density at radius 3 is 2.66 bits per heavy atom. The Bertz CT molecular complexity index is 1260. The first-order valence-corrected chi connectivity index (χ1v) is 11.9. The number of nitrogens with zero attached hydrogens (tertiary/aromatic N) is 2. The number of morpholine rings is 1. The van der Waals surface area contributed by atoms with Crippen LogP contribution >= 0.6 is 11.6 Å². The molecule has 0 bridgehead atoms. The highest BCUT2D eigenvalue weighted by Crippen LogP contribution is 2.37. The summed E-state index contributed by atoms with van der Waals surface area (Å²) < 4.78 is 22.7. The SMILES string of the molecule is NC(=O)c1c(Cl)c(-c2ccc(N3CCOCC3)cc2)nc2cc(O[C@@H]3CO[C@H]4[C@@H]3OC[C@H]4O)[nH]c12. The van der Waals surface area contributed by atoms with E-state index in [1.165, 1.54) is 0 Å². The molecule has 1 amide bonds. The van der Waals surface area contributed by atoms with Crippen LogP contribution < -0.4 is 15.4 Å². The molecule has 0 spiro atoms. The van der Waals surface area contributed by atoms with Crippen LogP contribution in [-0.4, -0.2) is 84.9 Å². The van der Waals surface area contributed by atoms with Crippen molar-refractivity contribution in [2.24, 2.45) is 5.73 Å². The van der Waals surface area contributed by atoms with Gasteiger partial charge in [0, 0.05) is 30.4 Å². The monoisotopic (exact) mass is 500 g/mol. The quantitative estimate of drug-likeness (QED) is 0.482. The zero-order chi connectivity index (χ0) is 24.1. The molecule has 2 aromatic heterocycles. The number of hydrogen-bond acceptors (Lipinski definition) is 8. The summed E-state index contributed by atoms with van der Waals surface area (Å²) in [5.41, 5.74) is 9.05. The van der Waals surface area contributed by atoms with Crippen molar-refractivity contribution < 1.29 is 28.8 Å². The predicted molar refractivity (Wildman–Crippen MR) is 128 cm³/mol. The molecule has 3 fully saturated rings. The molecule has 35 heavy (non-hydrogen) atoms. The van der Waals surface area contributed by atoms with Crippen molar-refractivity contribution in [3.63, 3.8) is 0 Å². The summed E-state index contributed by atoms with van der Waals surface area (Å²) in [4.78, 5) is 22.4. The fourth-order valence-electron chi connectivity index (χ4n) is 4.94. The van der Waals surface area contributed by atoms with Crippen LogP contribution in [0.1, 0.15) is 10.4 Å². The van der Waals surface area contributed by atoms with E-state index in [0.29, 0.717) is 35.8 Å². The summed E-state index contributed by atoms with van der Waals surface area (Å²) in [6.45, 7) is 3.55. The van der Waals surface area contributed by atoms with Gasteiger partial charge in [-0.25, -0.2) is 4.98 Å². The maximum absolute atomic E-state index is 12.4. The summed E-state index contributed by atoms with van der Waals surface area (Å²) in [5.74, 6) is -0.293. The number of amides is 1. The summed E-state index contributed by atoms with van der Waals surface area (Å²) in [6, 6.07) is 9.56. The fourth-order valence-corrected chi connectivity index (χ4v) is 5.28. The van der Waals surface area contributed by atoms with Crippen LogP contribution in [0.5, 0.6) is 5.88 Å². The van der Waals surface area contributed by atoms with E-state index >= 15 is 0 Å². The Morgan fingerprint density at radius 2 is 1.91 bits per heavy atom. The standard InChI is InChI=1S/C24H25ClN4O6/c25-19-18(24(26)31)21-14(9-17(28-21)35-16-11-34-22-15(30)10-33-23(16)22)27-20(19)12-1-3-13(4-2-12)29-5-7-32-8-6-29/h1-4,9,15-16,22-23,28,30H,5-8,10-11H2,(H2,26,31)/t15-,16-,22-,23-/m1/s1. The zero-order valence-corrected chi connectivity index (χ0v) is 19.5. The van der Waals surface area contributed by atoms with Crippen LogP contribution in [0, 0.1) is 0 Å². The smallest absolute Gasteiger partial charge is 0.252 e. The molecule has 184 valence electrons. The minimum Gasteiger partial charge on any atom is -0.470 e. The summed E-state index contributed by atoms with van der Waals surface area (Å²) in [6.07, 6.45) is -1.87. The third kappa shape index (κ3) is 4.01. The first-order valence-electron chi connectivity index (χ1n) is 11.5. The normalized spacial score (nSPS) is 26.3. The van der Waals surface area contributed by atoms with Crippen LogP contribution in [0.25, 0.3) is 22.3 Å². The highest BCUT2D eigenvalue weighted by Gasteiger charge is 2.48. The van der Waals surface area contributed by atoms with Gasteiger partial charge >= 0.3 is 0 Å². The van der Waals surface area contributed by atoms with Crippen molar-refractivity contribution in [3.05, 3.63) is 40.9 Å². The number of aromatic nitrogens is 2. The molecule has 4 atom stereocenters. The van der Waals surface area contributed by atoms with Crippen molar-refractivity contribution in [1.29, 1.82) is 0 Å². The van der Waals surface area contributed by atoms with Crippen molar-refractivity contribution in [2.75, 3.05) is 44.4 Å². The topological polar surface area (TPSA) is 132 Å². The summed E-state index contributed by atoms with van der Waals surface area (Å²) in [5, 5.41) is 10.1. The van der Waals surface area contributed by atoms with E-state index in [-0.39, 0.29) is 29.9 Å². The van der Waals surface area contributed by atoms with Crippen molar-refractivity contribution in [3.8, 4) is 17.1 Å². The van der Waals surface area contributed by atoms with E-state index in [4.69, 9.17) is 41.3 Å². The lowest BCUT2D eigenvalue weighted by Crippen LogP contribution is -2.36. The first kappa shape index (κ1) is 22.6. The molecule has 10 nitrogen and oxygen atoms in total. The molecule has 0 radical (unpaired) electrons. The Labute approximate surface area is 205 Å². The van der Waals surface area contributed by atoms with Gasteiger partial charge in [-0.15, -0.1) is 0 Å². The van der Waals surface area contributed by atoms with E-state index in [2.05, 4.69) is 9.88 Å². The van der Waals surface area contributed by atoms with Crippen LogP contribution in [0.2, 0.25) is 5.02 Å². The van der Waals surface area contributed by atoms with Gasteiger partial charge in [-0.1, -0.05) is 23.7 Å². The van der Waals surface area contributed by atoms with E-state index in [1.807, 2.05) is 24.3 Å². The molecular formula is C24H25ClN4O6. The highest BCUT2D eigenvalue weighted by atomic mass is 35.5. The van der Waals surface area contributed by atoms with Gasteiger partial charge in [0.05, 0.1) is 53.7 Å². The molecule has 3 aliphatic heterocycles. The highest BCUT2D eigenvalue weighted by molar-refractivity contribution is 6.37. The lowest BCUT2D eigenvalue weighted by Gasteiger charge is -2.28. The molecule has 11 heteroatoms. The Kier molecular flexibility index (Phi) is 5.78. The maximum atomic E-state index is 12.4. The van der Waals surface area contributed by atoms with E-state index in [9.17, 15) is 9.90 Å². The molecule has 6 rings (SSSR count). The average Bonchev–Trinajstić information content (AvgIpc) is 3.56. The summed E-state index contributed by atoms with van der Waals surface area (Å²) in [7, 11) is 0. The maximum Gasteiger partial charge on any atom is 0.252 e. The number of aliphatic hydroxyl groups is 1. The number of anilines is 1. The van der Waals surface area contributed by atoms with Crippen molar-refractivity contribution in [2.45, 2.75) is 24.4 Å². The Hall–Kier alpha value is -2.89. The molecular weight excluding hydrogens is 476 g/mol. The van der Waals surface area contributed by atoms with Gasteiger partial charge in [-0.05, 0) is 12.1 Å². The van der Waals surface area contributed by atoms with Crippen LogP contribution in [0.3, 0.4) is 0 Å². The number of aliphatic hydroxyl groups excluding tert-OH is 1. The van der Waals surface area contributed by atoms with Crippen LogP contribution in [0.15, 0.2) is 30.3 Å². The zero-order valence-electron chi connectivity index (χ0n) is 18.8. The number of nitrogens with two attached hydrogens (primary N) is 1. The average molecular weight is 501 g/mol. The van der Waals surface area contributed by atoms with E-state index in [0.717, 1.165) is 24.3 Å². The number of rotatable bonds is 5. The number of aromatic amines is 1. The van der Waals surface area contributed by atoms with Crippen molar-refractivity contribution >= 4 is 34.2 Å². The molecule has 4 N–H and O–H groups in total. The van der Waals surface area contributed by atoms with Gasteiger partial charge in [-0.2, -0.15) is 0 Å². The Morgan fingerprint density at radius 1 is 1.17 bits per heavy atom. The third-order valence-electron chi connectivity index (χ3n) is 6.71. The van der Waals surface area contributed by atoms with Crippen LogP contribution in [0.4, 0.5) is 5.69 Å². The minimum atomic E-state index is -0.673.